The SMILES string of the molecule is c1cc2c(cc1-c1nc(C3CCCCC3)no1)CNCC2. The van der Waals surface area contributed by atoms with Crippen molar-refractivity contribution < 1.29 is 4.52 Å². The van der Waals surface area contributed by atoms with Crippen molar-refractivity contribution in [1.82, 2.24) is 15.5 Å². The molecule has 0 radical (unpaired) electrons. The van der Waals surface area contributed by atoms with E-state index in [1.165, 1.54) is 43.2 Å². The molecule has 1 aliphatic heterocycles. The maximum atomic E-state index is 5.51. The molecule has 1 aromatic heterocycles. The van der Waals surface area contributed by atoms with E-state index in [-0.39, 0.29) is 0 Å². The number of fused-ring (bicyclic) bond motifs is 1. The minimum atomic E-state index is 0.496. The van der Waals surface area contributed by atoms with Gasteiger partial charge in [0.1, 0.15) is 0 Å². The van der Waals surface area contributed by atoms with Crippen LogP contribution in [0.3, 0.4) is 0 Å². The van der Waals surface area contributed by atoms with Crippen LogP contribution in [0.15, 0.2) is 22.7 Å². The predicted octanol–water partition coefficient (Wildman–Crippen LogP) is 3.43. The van der Waals surface area contributed by atoms with Crippen molar-refractivity contribution >= 4 is 0 Å². The summed E-state index contributed by atoms with van der Waals surface area (Å²) in [4.78, 5) is 4.65. The molecule has 1 aromatic carbocycles. The van der Waals surface area contributed by atoms with Crippen LogP contribution >= 0.6 is 0 Å². The summed E-state index contributed by atoms with van der Waals surface area (Å²) in [5, 5.41) is 7.64. The summed E-state index contributed by atoms with van der Waals surface area (Å²) >= 11 is 0. The fraction of sp³-hybridized carbons (Fsp3) is 0.529. The Morgan fingerprint density at radius 2 is 2.00 bits per heavy atom. The molecule has 2 aliphatic rings. The molecule has 0 bridgehead atoms. The number of aromatic nitrogens is 2. The highest BCUT2D eigenvalue weighted by molar-refractivity contribution is 5.56. The smallest absolute Gasteiger partial charge is 0.257 e. The number of benzene rings is 1. The van der Waals surface area contributed by atoms with Gasteiger partial charge in [-0.3, -0.25) is 0 Å². The molecular formula is C17H21N3O. The number of rotatable bonds is 2. The molecule has 1 saturated carbocycles. The maximum Gasteiger partial charge on any atom is 0.257 e. The molecule has 4 nitrogen and oxygen atoms in total. The molecule has 0 atom stereocenters. The van der Waals surface area contributed by atoms with Crippen LogP contribution in [0.4, 0.5) is 0 Å². The fourth-order valence-corrected chi connectivity index (χ4v) is 3.49. The average Bonchev–Trinajstić information content (AvgIpc) is 3.05. The van der Waals surface area contributed by atoms with Crippen LogP contribution < -0.4 is 5.32 Å². The van der Waals surface area contributed by atoms with Gasteiger partial charge in [-0.15, -0.1) is 0 Å². The number of hydrogen-bond acceptors (Lipinski definition) is 4. The first-order valence-electron chi connectivity index (χ1n) is 8.06. The number of hydrogen-bond donors (Lipinski definition) is 1. The average molecular weight is 283 g/mol. The lowest BCUT2D eigenvalue weighted by Crippen LogP contribution is -2.23. The predicted molar refractivity (Wildman–Crippen MR) is 81.0 cm³/mol. The zero-order valence-electron chi connectivity index (χ0n) is 12.3. The molecule has 110 valence electrons. The third-order valence-electron chi connectivity index (χ3n) is 4.75. The first-order valence-corrected chi connectivity index (χ1v) is 8.06. The molecule has 0 spiro atoms. The van der Waals surface area contributed by atoms with Gasteiger partial charge >= 0.3 is 0 Å². The van der Waals surface area contributed by atoms with Gasteiger partial charge in [-0.05, 0) is 49.1 Å². The minimum Gasteiger partial charge on any atom is -0.334 e. The van der Waals surface area contributed by atoms with Gasteiger partial charge in [-0.1, -0.05) is 30.5 Å². The number of nitrogens with one attached hydrogen (secondary N) is 1. The van der Waals surface area contributed by atoms with E-state index < -0.39 is 0 Å². The summed E-state index contributed by atoms with van der Waals surface area (Å²) in [7, 11) is 0. The highest BCUT2D eigenvalue weighted by Gasteiger charge is 2.21. The van der Waals surface area contributed by atoms with E-state index in [1.54, 1.807) is 0 Å². The molecule has 0 amide bonds. The molecule has 21 heavy (non-hydrogen) atoms. The second-order valence-corrected chi connectivity index (χ2v) is 6.20. The van der Waals surface area contributed by atoms with Gasteiger partial charge in [0, 0.05) is 18.0 Å². The normalized spacial score (nSPS) is 19.4. The zero-order valence-corrected chi connectivity index (χ0v) is 12.3. The van der Waals surface area contributed by atoms with E-state index in [0.29, 0.717) is 11.8 Å². The second-order valence-electron chi connectivity index (χ2n) is 6.20. The Balaban J connectivity index is 1.60. The Kier molecular flexibility index (Phi) is 3.47. The Bertz CT molecular complexity index is 629. The van der Waals surface area contributed by atoms with Crippen molar-refractivity contribution in [3.8, 4) is 11.5 Å². The number of nitrogens with zero attached hydrogens (tertiary/aromatic N) is 2. The standard InChI is InChI=1S/C17H21N3O/c1-2-4-13(5-3-1)16-19-17(21-20-16)14-7-6-12-8-9-18-11-15(12)10-14/h6-7,10,13,18H,1-5,8-9,11H2. The topological polar surface area (TPSA) is 51.0 Å². The van der Waals surface area contributed by atoms with E-state index in [4.69, 9.17) is 4.52 Å². The third kappa shape index (κ3) is 2.60. The van der Waals surface area contributed by atoms with Crippen molar-refractivity contribution in [2.24, 2.45) is 0 Å². The van der Waals surface area contributed by atoms with Crippen molar-refractivity contribution in [1.29, 1.82) is 0 Å². The summed E-state index contributed by atoms with van der Waals surface area (Å²) in [6.07, 6.45) is 7.43. The molecule has 4 heteroatoms. The molecule has 2 heterocycles. The van der Waals surface area contributed by atoms with Gasteiger partial charge in [-0.25, -0.2) is 0 Å². The van der Waals surface area contributed by atoms with Gasteiger partial charge in [-0.2, -0.15) is 4.98 Å². The minimum absolute atomic E-state index is 0.496. The summed E-state index contributed by atoms with van der Waals surface area (Å²) in [5.74, 6) is 2.07. The lowest BCUT2D eigenvalue weighted by molar-refractivity contribution is 0.385. The van der Waals surface area contributed by atoms with Crippen LogP contribution in [0.5, 0.6) is 0 Å². The van der Waals surface area contributed by atoms with Crippen molar-refractivity contribution in [3.05, 3.63) is 35.2 Å². The second kappa shape index (κ2) is 5.60. The monoisotopic (exact) mass is 283 g/mol. The van der Waals surface area contributed by atoms with Gasteiger partial charge < -0.3 is 9.84 Å². The van der Waals surface area contributed by atoms with Gasteiger partial charge in [0.25, 0.3) is 5.89 Å². The maximum absolute atomic E-state index is 5.51. The van der Waals surface area contributed by atoms with Crippen molar-refractivity contribution in [2.45, 2.75) is 51.0 Å². The van der Waals surface area contributed by atoms with Crippen LogP contribution in [0.1, 0.15) is 55.0 Å². The third-order valence-corrected chi connectivity index (χ3v) is 4.75. The van der Waals surface area contributed by atoms with Crippen LogP contribution in [0.2, 0.25) is 0 Å². The van der Waals surface area contributed by atoms with Crippen molar-refractivity contribution in [3.63, 3.8) is 0 Å². The highest BCUT2D eigenvalue weighted by Crippen LogP contribution is 2.32. The molecular weight excluding hydrogens is 262 g/mol. The lowest BCUT2D eigenvalue weighted by Gasteiger charge is -2.17. The van der Waals surface area contributed by atoms with Crippen LogP contribution in [-0.4, -0.2) is 16.7 Å². The van der Waals surface area contributed by atoms with E-state index in [2.05, 4.69) is 33.7 Å². The summed E-state index contributed by atoms with van der Waals surface area (Å²) in [5.41, 5.74) is 3.84. The molecule has 4 rings (SSSR count). The molecule has 0 unspecified atom stereocenters. The van der Waals surface area contributed by atoms with E-state index in [1.807, 2.05) is 0 Å². The quantitative estimate of drug-likeness (QED) is 0.917. The largest absolute Gasteiger partial charge is 0.334 e. The Labute approximate surface area is 124 Å². The van der Waals surface area contributed by atoms with Gasteiger partial charge in [0.05, 0.1) is 0 Å². The van der Waals surface area contributed by atoms with Crippen LogP contribution in [0, 0.1) is 0 Å². The zero-order chi connectivity index (χ0) is 14.1. The Morgan fingerprint density at radius 1 is 1.10 bits per heavy atom. The van der Waals surface area contributed by atoms with E-state index in [0.717, 1.165) is 30.9 Å². The first kappa shape index (κ1) is 13.0. The Hall–Kier alpha value is -1.68. The lowest BCUT2D eigenvalue weighted by atomic mass is 9.89. The summed E-state index contributed by atoms with van der Waals surface area (Å²) in [6.45, 7) is 2.01. The summed E-state index contributed by atoms with van der Waals surface area (Å²) in [6, 6.07) is 6.51. The fourth-order valence-electron chi connectivity index (χ4n) is 3.49. The van der Waals surface area contributed by atoms with Gasteiger partial charge in [0.2, 0.25) is 0 Å². The van der Waals surface area contributed by atoms with E-state index >= 15 is 0 Å². The first-order chi connectivity index (χ1) is 10.4. The van der Waals surface area contributed by atoms with E-state index in [9.17, 15) is 0 Å². The van der Waals surface area contributed by atoms with Gasteiger partial charge in [0.15, 0.2) is 5.82 Å². The van der Waals surface area contributed by atoms with Crippen LogP contribution in [-0.2, 0) is 13.0 Å². The molecule has 1 fully saturated rings. The summed E-state index contributed by atoms with van der Waals surface area (Å²) < 4.78 is 5.51. The van der Waals surface area contributed by atoms with Crippen molar-refractivity contribution in [2.75, 3.05) is 6.54 Å². The van der Waals surface area contributed by atoms with Crippen LogP contribution in [0.25, 0.3) is 11.5 Å². The molecule has 0 saturated heterocycles. The molecule has 1 N–H and O–H groups in total. The highest BCUT2D eigenvalue weighted by atomic mass is 16.5. The molecule has 2 aromatic rings. The Morgan fingerprint density at radius 3 is 2.90 bits per heavy atom. The molecule has 1 aliphatic carbocycles.